The molecule has 7 heteroatoms. The number of benzene rings is 1. The fourth-order valence-electron chi connectivity index (χ4n) is 2.65. The Morgan fingerprint density at radius 2 is 1.96 bits per heavy atom. The summed E-state index contributed by atoms with van der Waals surface area (Å²) in [7, 11) is 0. The van der Waals surface area contributed by atoms with E-state index in [0.717, 1.165) is 32.4 Å². The van der Waals surface area contributed by atoms with Gasteiger partial charge in [0.05, 0.1) is 11.3 Å². The molecule has 0 bridgehead atoms. The molecule has 1 atom stereocenters. The van der Waals surface area contributed by atoms with Crippen molar-refractivity contribution in [1.29, 1.82) is 0 Å². The van der Waals surface area contributed by atoms with Crippen molar-refractivity contribution in [1.82, 2.24) is 4.90 Å². The summed E-state index contributed by atoms with van der Waals surface area (Å²) < 4.78 is 0. The lowest BCUT2D eigenvalue weighted by atomic mass is 10.1. The summed E-state index contributed by atoms with van der Waals surface area (Å²) in [5, 5.41) is 3.29. The van der Waals surface area contributed by atoms with Crippen molar-refractivity contribution >= 4 is 41.5 Å². The molecule has 1 aromatic carbocycles. The Hall–Kier alpha value is -1.30. The highest BCUT2D eigenvalue weighted by atomic mass is 35.5. The molecule has 24 heavy (non-hydrogen) atoms. The van der Waals surface area contributed by atoms with Gasteiger partial charge in [-0.05, 0) is 50.8 Å². The summed E-state index contributed by atoms with van der Waals surface area (Å²) in [5.74, 6) is -0.207. The van der Waals surface area contributed by atoms with Crippen LogP contribution in [0.1, 0.15) is 49.4 Å². The number of nitrogens with two attached hydrogens (primary N) is 1. The molecular weight excluding hydrogens is 349 g/mol. The van der Waals surface area contributed by atoms with Gasteiger partial charge in [0.2, 0.25) is 5.91 Å². The smallest absolute Gasteiger partial charge is 0.255 e. The molecular formula is C17H25Cl2N3O2. The van der Waals surface area contributed by atoms with Crippen LogP contribution in [-0.4, -0.2) is 35.8 Å². The molecule has 0 spiro atoms. The number of piperidine rings is 1. The highest BCUT2D eigenvalue weighted by molar-refractivity contribution is 6.31. The van der Waals surface area contributed by atoms with E-state index < -0.39 is 0 Å². The fraction of sp³-hybridized carbons (Fsp3) is 0.529. The number of hydrogen-bond donors (Lipinski definition) is 2. The maximum absolute atomic E-state index is 12.7. The van der Waals surface area contributed by atoms with Gasteiger partial charge in [0.25, 0.3) is 5.91 Å². The lowest BCUT2D eigenvalue weighted by Gasteiger charge is -2.27. The van der Waals surface area contributed by atoms with Crippen LogP contribution >= 0.6 is 24.0 Å². The lowest BCUT2D eigenvalue weighted by Crippen LogP contribution is -2.36. The first-order chi connectivity index (χ1) is 11.0. The molecule has 5 nitrogen and oxygen atoms in total. The molecule has 134 valence electrons. The monoisotopic (exact) mass is 373 g/mol. The molecule has 1 heterocycles. The summed E-state index contributed by atoms with van der Waals surface area (Å²) in [4.78, 5) is 26.6. The predicted molar refractivity (Wildman–Crippen MR) is 100.0 cm³/mol. The molecule has 0 saturated carbocycles. The summed E-state index contributed by atoms with van der Waals surface area (Å²) in [5.41, 5.74) is 6.64. The van der Waals surface area contributed by atoms with Crippen LogP contribution in [0.3, 0.4) is 0 Å². The number of likely N-dealkylation sites (tertiary alicyclic amines) is 1. The van der Waals surface area contributed by atoms with E-state index in [1.165, 1.54) is 0 Å². The maximum atomic E-state index is 12.7. The molecule has 2 amide bonds. The Bertz CT molecular complexity index is 573. The standard InChI is InChI=1S/C17H24ClN3O2.ClH/c1-12(19)5-8-16(22)20-15-11-13(18)6-7-14(15)17(23)21-9-3-2-4-10-21;/h6-7,11-12H,2-5,8-10,19H2,1H3,(H,20,22);1H. The minimum Gasteiger partial charge on any atom is -0.339 e. The van der Waals surface area contributed by atoms with Crippen LogP contribution < -0.4 is 11.1 Å². The first-order valence-corrected chi connectivity index (χ1v) is 8.49. The zero-order valence-electron chi connectivity index (χ0n) is 13.9. The molecule has 1 aromatic rings. The van der Waals surface area contributed by atoms with E-state index in [9.17, 15) is 9.59 Å². The molecule has 1 saturated heterocycles. The highest BCUT2D eigenvalue weighted by Gasteiger charge is 2.21. The van der Waals surface area contributed by atoms with E-state index in [0.29, 0.717) is 29.1 Å². The largest absolute Gasteiger partial charge is 0.339 e. The quantitative estimate of drug-likeness (QED) is 0.829. The average Bonchev–Trinajstić information content (AvgIpc) is 2.53. The van der Waals surface area contributed by atoms with Crippen molar-refractivity contribution < 1.29 is 9.59 Å². The van der Waals surface area contributed by atoms with Crippen LogP contribution in [0, 0.1) is 0 Å². The predicted octanol–water partition coefficient (Wildman–Crippen LogP) is 3.45. The molecule has 3 N–H and O–H groups in total. The van der Waals surface area contributed by atoms with Crippen molar-refractivity contribution in [3.63, 3.8) is 0 Å². The molecule has 2 rings (SSSR count). The van der Waals surface area contributed by atoms with Crippen LogP contribution in [0.2, 0.25) is 5.02 Å². The minimum atomic E-state index is -0.155. The van der Waals surface area contributed by atoms with Gasteiger partial charge in [0, 0.05) is 30.6 Å². The van der Waals surface area contributed by atoms with E-state index in [1.807, 2.05) is 11.8 Å². The van der Waals surface area contributed by atoms with E-state index in [-0.39, 0.29) is 30.3 Å². The first kappa shape index (κ1) is 20.7. The number of carbonyl (C=O) groups is 2. The lowest BCUT2D eigenvalue weighted by molar-refractivity contribution is -0.116. The van der Waals surface area contributed by atoms with E-state index in [2.05, 4.69) is 5.32 Å². The van der Waals surface area contributed by atoms with Crippen molar-refractivity contribution in [3.05, 3.63) is 28.8 Å². The molecule has 0 radical (unpaired) electrons. The SMILES string of the molecule is CC(N)CCC(=O)Nc1cc(Cl)ccc1C(=O)N1CCCCC1.Cl. The second kappa shape index (κ2) is 9.87. The minimum absolute atomic E-state index is 0. The van der Waals surface area contributed by atoms with Gasteiger partial charge in [0.1, 0.15) is 0 Å². The van der Waals surface area contributed by atoms with Crippen molar-refractivity contribution in [2.45, 2.75) is 45.1 Å². The van der Waals surface area contributed by atoms with Gasteiger partial charge >= 0.3 is 0 Å². The fourth-order valence-corrected chi connectivity index (χ4v) is 2.82. The number of halogens is 2. The topological polar surface area (TPSA) is 75.4 Å². The number of nitrogens with zero attached hydrogens (tertiary/aromatic N) is 1. The van der Waals surface area contributed by atoms with Gasteiger partial charge < -0.3 is 16.0 Å². The van der Waals surface area contributed by atoms with Gasteiger partial charge in [-0.2, -0.15) is 0 Å². The van der Waals surface area contributed by atoms with Crippen LogP contribution in [0.5, 0.6) is 0 Å². The molecule has 1 aliphatic heterocycles. The van der Waals surface area contributed by atoms with Gasteiger partial charge in [-0.25, -0.2) is 0 Å². The summed E-state index contributed by atoms with van der Waals surface area (Å²) in [6.45, 7) is 3.39. The highest BCUT2D eigenvalue weighted by Crippen LogP contribution is 2.24. The summed E-state index contributed by atoms with van der Waals surface area (Å²) in [6.07, 6.45) is 4.12. The van der Waals surface area contributed by atoms with Gasteiger partial charge in [-0.15, -0.1) is 12.4 Å². The van der Waals surface area contributed by atoms with Crippen LogP contribution in [0.25, 0.3) is 0 Å². The zero-order chi connectivity index (χ0) is 16.8. The van der Waals surface area contributed by atoms with E-state index >= 15 is 0 Å². The van der Waals surface area contributed by atoms with Crippen LogP contribution in [0.4, 0.5) is 5.69 Å². The number of hydrogen-bond acceptors (Lipinski definition) is 3. The molecule has 1 fully saturated rings. The second-order valence-electron chi connectivity index (χ2n) is 6.11. The number of carbonyl (C=O) groups excluding carboxylic acids is 2. The Morgan fingerprint density at radius 1 is 1.29 bits per heavy atom. The van der Waals surface area contributed by atoms with Gasteiger partial charge in [-0.3, -0.25) is 9.59 Å². The van der Waals surface area contributed by atoms with Crippen molar-refractivity contribution in [3.8, 4) is 0 Å². The summed E-state index contributed by atoms with van der Waals surface area (Å²) >= 11 is 6.02. The number of rotatable bonds is 5. The molecule has 0 aromatic heterocycles. The van der Waals surface area contributed by atoms with Gasteiger partial charge in [0.15, 0.2) is 0 Å². The number of nitrogens with one attached hydrogen (secondary N) is 1. The van der Waals surface area contributed by atoms with Crippen molar-refractivity contribution in [2.24, 2.45) is 5.73 Å². The first-order valence-electron chi connectivity index (χ1n) is 8.11. The Morgan fingerprint density at radius 3 is 2.58 bits per heavy atom. The van der Waals surface area contributed by atoms with Crippen LogP contribution in [0.15, 0.2) is 18.2 Å². The number of anilines is 1. The Balaban J connectivity index is 0.00000288. The molecule has 0 aliphatic carbocycles. The van der Waals surface area contributed by atoms with Gasteiger partial charge in [-0.1, -0.05) is 11.6 Å². The van der Waals surface area contributed by atoms with Crippen molar-refractivity contribution in [2.75, 3.05) is 18.4 Å². The normalized spacial score (nSPS) is 15.4. The van der Waals surface area contributed by atoms with Crippen LogP contribution in [-0.2, 0) is 4.79 Å². The molecule has 1 unspecified atom stereocenters. The Kier molecular flexibility index (Phi) is 8.53. The third-order valence-corrected chi connectivity index (χ3v) is 4.19. The third kappa shape index (κ3) is 5.96. The Labute approximate surface area is 154 Å². The van der Waals surface area contributed by atoms with E-state index in [4.69, 9.17) is 17.3 Å². The second-order valence-corrected chi connectivity index (χ2v) is 6.54. The maximum Gasteiger partial charge on any atom is 0.255 e. The third-order valence-electron chi connectivity index (χ3n) is 3.96. The van der Waals surface area contributed by atoms with E-state index in [1.54, 1.807) is 18.2 Å². The zero-order valence-corrected chi connectivity index (χ0v) is 15.5. The number of amides is 2. The average molecular weight is 374 g/mol. The summed E-state index contributed by atoms with van der Waals surface area (Å²) in [6, 6.07) is 4.95. The molecule has 1 aliphatic rings.